The lowest BCUT2D eigenvalue weighted by Gasteiger charge is -2.06. The highest BCUT2D eigenvalue weighted by atomic mass is 16.4. The molecule has 1 aromatic carbocycles. The lowest BCUT2D eigenvalue weighted by molar-refractivity contribution is 0.557. The van der Waals surface area contributed by atoms with Gasteiger partial charge in [-0.15, -0.1) is 0 Å². The molecular weight excluding hydrogens is 250 g/mol. The highest BCUT2D eigenvalue weighted by Crippen LogP contribution is 2.21. The van der Waals surface area contributed by atoms with Gasteiger partial charge in [-0.05, 0) is 30.5 Å². The van der Waals surface area contributed by atoms with Gasteiger partial charge in [0.05, 0.1) is 0 Å². The predicted molar refractivity (Wildman–Crippen MR) is 84.0 cm³/mol. The molecule has 0 aliphatic heterocycles. The van der Waals surface area contributed by atoms with Crippen LogP contribution in [0.2, 0.25) is 0 Å². The predicted octanol–water partition coefficient (Wildman–Crippen LogP) is 4.28. The Morgan fingerprint density at radius 2 is 1.80 bits per heavy atom. The van der Waals surface area contributed by atoms with Gasteiger partial charge in [-0.25, -0.2) is 4.79 Å². The largest absolute Gasteiger partial charge is 0.423 e. The van der Waals surface area contributed by atoms with Crippen molar-refractivity contribution in [1.82, 2.24) is 0 Å². The number of nitrogen functional groups attached to an aromatic ring is 1. The summed E-state index contributed by atoms with van der Waals surface area (Å²) in [7, 11) is 0. The molecule has 20 heavy (non-hydrogen) atoms. The van der Waals surface area contributed by atoms with Crippen LogP contribution in [0, 0.1) is 0 Å². The third kappa shape index (κ3) is 3.86. The molecule has 0 radical (unpaired) electrons. The second-order valence-electron chi connectivity index (χ2n) is 5.36. The first kappa shape index (κ1) is 14.6. The molecule has 0 spiro atoms. The zero-order valence-electron chi connectivity index (χ0n) is 12.2. The Balaban J connectivity index is 2.04. The summed E-state index contributed by atoms with van der Waals surface area (Å²) < 4.78 is 5.21. The van der Waals surface area contributed by atoms with Crippen LogP contribution in [0.15, 0.2) is 33.5 Å². The number of rotatable bonds is 7. The molecule has 0 aliphatic carbocycles. The molecule has 3 nitrogen and oxygen atoms in total. The first-order valence-electron chi connectivity index (χ1n) is 7.53. The Morgan fingerprint density at radius 1 is 1.05 bits per heavy atom. The van der Waals surface area contributed by atoms with E-state index < -0.39 is 0 Å². The first-order chi connectivity index (χ1) is 9.70. The highest BCUT2D eigenvalue weighted by molar-refractivity contribution is 5.82. The zero-order chi connectivity index (χ0) is 14.4. The summed E-state index contributed by atoms with van der Waals surface area (Å²) in [5.74, 6) is 0. The van der Waals surface area contributed by atoms with Crippen LogP contribution < -0.4 is 11.4 Å². The van der Waals surface area contributed by atoms with Crippen LogP contribution in [0.25, 0.3) is 11.0 Å². The Bertz CT molecular complexity index is 616. The Kier molecular flexibility index (Phi) is 5.22. The molecule has 0 amide bonds. The van der Waals surface area contributed by atoms with Gasteiger partial charge in [0.2, 0.25) is 0 Å². The van der Waals surface area contributed by atoms with Crippen molar-refractivity contribution in [1.29, 1.82) is 0 Å². The average Bonchev–Trinajstić information content (AvgIpc) is 2.41. The molecule has 0 fully saturated rings. The van der Waals surface area contributed by atoms with Crippen molar-refractivity contribution in [3.8, 4) is 0 Å². The van der Waals surface area contributed by atoms with Gasteiger partial charge in [0.15, 0.2) is 0 Å². The fourth-order valence-electron chi connectivity index (χ4n) is 2.55. The summed E-state index contributed by atoms with van der Waals surface area (Å²) in [4.78, 5) is 11.6. The van der Waals surface area contributed by atoms with Crippen molar-refractivity contribution in [3.63, 3.8) is 0 Å². The highest BCUT2D eigenvalue weighted by Gasteiger charge is 2.05. The molecule has 108 valence electrons. The molecule has 0 saturated carbocycles. The molecule has 0 aliphatic rings. The minimum absolute atomic E-state index is 0.288. The van der Waals surface area contributed by atoms with Gasteiger partial charge in [-0.3, -0.25) is 0 Å². The number of hydrogen-bond donors (Lipinski definition) is 1. The molecule has 0 unspecified atom stereocenters. The van der Waals surface area contributed by atoms with E-state index in [2.05, 4.69) is 6.92 Å². The van der Waals surface area contributed by atoms with E-state index in [4.69, 9.17) is 10.2 Å². The van der Waals surface area contributed by atoms with E-state index in [0.29, 0.717) is 11.3 Å². The van der Waals surface area contributed by atoms with E-state index in [1.165, 1.54) is 32.1 Å². The van der Waals surface area contributed by atoms with Crippen molar-refractivity contribution in [2.75, 3.05) is 5.73 Å². The Hall–Kier alpha value is -1.77. The molecule has 0 atom stereocenters. The Labute approximate surface area is 119 Å². The normalized spacial score (nSPS) is 11.1. The lowest BCUT2D eigenvalue weighted by Crippen LogP contribution is -2.01. The maximum absolute atomic E-state index is 11.6. The summed E-state index contributed by atoms with van der Waals surface area (Å²) >= 11 is 0. The van der Waals surface area contributed by atoms with Crippen molar-refractivity contribution in [2.24, 2.45) is 0 Å². The molecular formula is C17H23NO2. The SMILES string of the molecule is CCCCCCCCc1cc(=O)oc2cc(N)ccc12. The van der Waals surface area contributed by atoms with Crippen LogP contribution >= 0.6 is 0 Å². The number of hydrogen-bond acceptors (Lipinski definition) is 3. The Morgan fingerprint density at radius 3 is 2.60 bits per heavy atom. The van der Waals surface area contributed by atoms with E-state index in [1.54, 1.807) is 12.1 Å². The smallest absolute Gasteiger partial charge is 0.336 e. The summed E-state index contributed by atoms with van der Waals surface area (Å²) in [6.45, 7) is 2.22. The van der Waals surface area contributed by atoms with E-state index in [1.807, 2.05) is 12.1 Å². The third-order valence-corrected chi connectivity index (χ3v) is 3.65. The summed E-state index contributed by atoms with van der Waals surface area (Å²) in [5, 5.41) is 1.01. The first-order valence-corrected chi connectivity index (χ1v) is 7.53. The molecule has 0 saturated heterocycles. The number of anilines is 1. The van der Waals surface area contributed by atoms with Gasteiger partial charge in [0.25, 0.3) is 0 Å². The molecule has 2 N–H and O–H groups in total. The lowest BCUT2D eigenvalue weighted by atomic mass is 10.0. The van der Waals surface area contributed by atoms with E-state index in [9.17, 15) is 4.79 Å². The van der Waals surface area contributed by atoms with E-state index in [-0.39, 0.29) is 5.63 Å². The number of unbranched alkanes of at least 4 members (excludes halogenated alkanes) is 5. The van der Waals surface area contributed by atoms with Gasteiger partial charge in [0.1, 0.15) is 5.58 Å². The van der Waals surface area contributed by atoms with Gasteiger partial charge >= 0.3 is 5.63 Å². The van der Waals surface area contributed by atoms with Gasteiger partial charge in [0, 0.05) is 23.2 Å². The molecule has 3 heteroatoms. The fraction of sp³-hybridized carbons (Fsp3) is 0.471. The number of benzene rings is 1. The summed E-state index contributed by atoms with van der Waals surface area (Å²) in [5.41, 5.74) is 7.74. The molecule has 1 aromatic heterocycles. The van der Waals surface area contributed by atoms with Crippen molar-refractivity contribution >= 4 is 16.7 Å². The summed E-state index contributed by atoms with van der Waals surface area (Å²) in [6, 6.07) is 7.14. The topological polar surface area (TPSA) is 56.2 Å². The van der Waals surface area contributed by atoms with Crippen molar-refractivity contribution in [2.45, 2.75) is 51.9 Å². The second kappa shape index (κ2) is 7.13. The molecule has 2 aromatic rings. The monoisotopic (exact) mass is 273 g/mol. The van der Waals surface area contributed by atoms with Crippen LogP contribution in [0.5, 0.6) is 0 Å². The van der Waals surface area contributed by atoms with Crippen LogP contribution in [0.4, 0.5) is 5.69 Å². The maximum Gasteiger partial charge on any atom is 0.336 e. The quantitative estimate of drug-likeness (QED) is 0.465. The third-order valence-electron chi connectivity index (χ3n) is 3.65. The maximum atomic E-state index is 11.6. The van der Waals surface area contributed by atoms with E-state index >= 15 is 0 Å². The average molecular weight is 273 g/mol. The second-order valence-corrected chi connectivity index (χ2v) is 5.36. The fourth-order valence-corrected chi connectivity index (χ4v) is 2.55. The minimum atomic E-state index is -0.288. The van der Waals surface area contributed by atoms with Crippen molar-refractivity contribution < 1.29 is 4.42 Å². The zero-order valence-corrected chi connectivity index (χ0v) is 12.2. The van der Waals surface area contributed by atoms with E-state index in [0.717, 1.165) is 23.8 Å². The summed E-state index contributed by atoms with van der Waals surface area (Å²) in [6.07, 6.45) is 8.44. The number of fused-ring (bicyclic) bond motifs is 1. The number of aryl methyl sites for hydroxylation is 1. The molecule has 0 bridgehead atoms. The number of nitrogens with two attached hydrogens (primary N) is 1. The van der Waals surface area contributed by atoms with Crippen LogP contribution in [0.3, 0.4) is 0 Å². The molecule has 1 heterocycles. The van der Waals surface area contributed by atoms with Gasteiger partial charge < -0.3 is 10.2 Å². The van der Waals surface area contributed by atoms with Gasteiger partial charge in [-0.2, -0.15) is 0 Å². The minimum Gasteiger partial charge on any atom is -0.423 e. The van der Waals surface area contributed by atoms with Crippen molar-refractivity contribution in [3.05, 3.63) is 40.2 Å². The van der Waals surface area contributed by atoms with Crippen LogP contribution in [-0.2, 0) is 6.42 Å². The standard InChI is InChI=1S/C17H23NO2/c1-2-3-4-5-6-7-8-13-11-17(19)20-16-12-14(18)9-10-15(13)16/h9-12H,2-8,18H2,1H3. The van der Waals surface area contributed by atoms with Crippen LogP contribution in [0.1, 0.15) is 51.0 Å². The molecule has 2 rings (SSSR count). The van der Waals surface area contributed by atoms with Gasteiger partial charge in [-0.1, -0.05) is 39.0 Å². The van der Waals surface area contributed by atoms with Crippen LogP contribution in [-0.4, -0.2) is 0 Å².